The number of halogens is 1. The minimum absolute atomic E-state index is 0.0745. The van der Waals surface area contributed by atoms with Gasteiger partial charge in [-0.05, 0) is 43.3 Å². The molecule has 0 amide bonds. The minimum atomic E-state index is -1.17. The number of hydrogen-bond donors (Lipinski definition) is 2. The number of carbonyl (C=O) groups is 1. The fourth-order valence-corrected chi connectivity index (χ4v) is 3.50. The monoisotopic (exact) mass is 402 g/mol. The zero-order valence-corrected chi connectivity index (χ0v) is 15.7. The van der Waals surface area contributed by atoms with Gasteiger partial charge in [0, 0.05) is 35.4 Å². The molecule has 0 spiro atoms. The molecule has 0 saturated carbocycles. The minimum Gasteiger partial charge on any atom is -0.476 e. The van der Waals surface area contributed by atoms with Crippen LogP contribution in [0, 0.1) is 12.7 Å². The van der Waals surface area contributed by atoms with E-state index in [0.29, 0.717) is 17.0 Å². The van der Waals surface area contributed by atoms with Gasteiger partial charge in [0.2, 0.25) is 0 Å². The van der Waals surface area contributed by atoms with Gasteiger partial charge in [-0.15, -0.1) is 0 Å². The molecule has 0 bridgehead atoms. The molecule has 4 aromatic heterocycles. The Bertz CT molecular complexity index is 1450. The highest BCUT2D eigenvalue weighted by Crippen LogP contribution is 2.34. The van der Waals surface area contributed by atoms with Gasteiger partial charge in [-0.1, -0.05) is 0 Å². The predicted molar refractivity (Wildman–Crippen MR) is 109 cm³/mol. The fourth-order valence-electron chi connectivity index (χ4n) is 3.50. The highest BCUT2D eigenvalue weighted by atomic mass is 19.1. The van der Waals surface area contributed by atoms with Crippen molar-refractivity contribution in [2.75, 3.05) is 5.73 Å². The summed E-state index contributed by atoms with van der Waals surface area (Å²) < 4.78 is 17.0. The number of carboxylic acid groups (broad SMARTS) is 1. The summed E-state index contributed by atoms with van der Waals surface area (Å²) in [5.74, 6) is -1.47. The van der Waals surface area contributed by atoms with E-state index in [1.807, 2.05) is 29.7 Å². The first kappa shape index (κ1) is 17.8. The van der Waals surface area contributed by atoms with Crippen molar-refractivity contribution in [2.45, 2.75) is 6.92 Å². The number of nitrogens with zero attached hydrogens (tertiary/aromatic N) is 5. The van der Waals surface area contributed by atoms with Crippen LogP contribution < -0.4 is 5.73 Å². The van der Waals surface area contributed by atoms with Crippen LogP contribution in [0.4, 0.5) is 10.2 Å². The maximum atomic E-state index is 13.5. The second-order valence-electron chi connectivity index (χ2n) is 6.87. The number of carboxylic acids is 1. The van der Waals surface area contributed by atoms with E-state index in [-0.39, 0.29) is 23.0 Å². The summed E-state index contributed by atoms with van der Waals surface area (Å²) in [5.41, 5.74) is 10.3. The van der Waals surface area contributed by atoms with Gasteiger partial charge < -0.3 is 15.2 Å². The van der Waals surface area contributed by atoms with Gasteiger partial charge in [-0.25, -0.2) is 24.1 Å². The molecule has 0 aliphatic heterocycles. The van der Waals surface area contributed by atoms with E-state index < -0.39 is 5.97 Å². The molecule has 3 N–H and O–H groups in total. The molecule has 9 heteroatoms. The van der Waals surface area contributed by atoms with Crippen molar-refractivity contribution in [3.05, 3.63) is 72.2 Å². The molecule has 0 aliphatic rings. The van der Waals surface area contributed by atoms with Crippen LogP contribution in [0.1, 0.15) is 16.2 Å². The Labute approximate surface area is 169 Å². The van der Waals surface area contributed by atoms with E-state index in [2.05, 4.69) is 15.0 Å². The summed E-state index contributed by atoms with van der Waals surface area (Å²) >= 11 is 0. The van der Waals surface area contributed by atoms with E-state index >= 15 is 0 Å². The Morgan fingerprint density at radius 2 is 1.77 bits per heavy atom. The third-order valence-electron chi connectivity index (χ3n) is 4.93. The summed E-state index contributed by atoms with van der Waals surface area (Å²) in [6.45, 7) is 1.93. The third kappa shape index (κ3) is 2.67. The lowest BCUT2D eigenvalue weighted by Crippen LogP contribution is -2.04. The van der Waals surface area contributed by atoms with Crippen LogP contribution in [0.5, 0.6) is 0 Å². The molecule has 1 aromatic carbocycles. The quantitative estimate of drug-likeness (QED) is 0.478. The average molecular weight is 402 g/mol. The smallest absolute Gasteiger partial charge is 0.356 e. The van der Waals surface area contributed by atoms with E-state index in [1.54, 1.807) is 22.7 Å². The largest absolute Gasteiger partial charge is 0.476 e. The molecule has 0 fully saturated rings. The molecule has 0 aliphatic carbocycles. The number of anilines is 1. The van der Waals surface area contributed by atoms with E-state index in [0.717, 1.165) is 16.9 Å². The van der Waals surface area contributed by atoms with Crippen LogP contribution in [0.2, 0.25) is 0 Å². The maximum Gasteiger partial charge on any atom is 0.356 e. The number of fused-ring (bicyclic) bond motifs is 2. The number of benzene rings is 1. The van der Waals surface area contributed by atoms with Crippen LogP contribution >= 0.6 is 0 Å². The Kier molecular flexibility index (Phi) is 3.78. The molecule has 30 heavy (non-hydrogen) atoms. The molecule has 0 saturated heterocycles. The van der Waals surface area contributed by atoms with E-state index in [1.165, 1.54) is 18.3 Å². The van der Waals surface area contributed by atoms with Crippen molar-refractivity contribution in [2.24, 2.45) is 0 Å². The second-order valence-corrected chi connectivity index (χ2v) is 6.87. The first-order valence-corrected chi connectivity index (χ1v) is 9.04. The first-order chi connectivity index (χ1) is 14.4. The standard InChI is InChI=1S/C21H15FN6O2/c1-11-8-24-16-7-4-13(9-27(11)16)18-17(12-2-5-14(22)6-3-12)26-19(23)20-25-15(21(29)30)10-28(18)20/h2-10H,1H3,(H2,23,26)(H,29,30). The van der Waals surface area contributed by atoms with Gasteiger partial charge in [0.05, 0.1) is 11.4 Å². The van der Waals surface area contributed by atoms with Crippen molar-refractivity contribution < 1.29 is 14.3 Å². The number of aromatic nitrogens is 5. The molecule has 0 radical (unpaired) electrons. The highest BCUT2D eigenvalue weighted by Gasteiger charge is 2.21. The van der Waals surface area contributed by atoms with E-state index in [9.17, 15) is 14.3 Å². The summed E-state index contributed by atoms with van der Waals surface area (Å²) in [6.07, 6.45) is 5.05. The molecule has 0 unspecified atom stereocenters. The van der Waals surface area contributed by atoms with Crippen molar-refractivity contribution in [3.8, 4) is 22.5 Å². The molecule has 4 heterocycles. The fraction of sp³-hybridized carbons (Fsp3) is 0.0476. The van der Waals surface area contributed by atoms with Crippen molar-refractivity contribution in [1.82, 2.24) is 23.8 Å². The Balaban J connectivity index is 1.89. The molecule has 0 atom stereocenters. The lowest BCUT2D eigenvalue weighted by Gasteiger charge is -2.14. The number of aromatic carboxylic acids is 1. The second kappa shape index (κ2) is 6.38. The zero-order chi connectivity index (χ0) is 21.0. The zero-order valence-electron chi connectivity index (χ0n) is 15.7. The number of aryl methyl sites for hydroxylation is 1. The Morgan fingerprint density at radius 1 is 1.03 bits per heavy atom. The number of nitrogen functional groups attached to an aromatic ring is 1. The van der Waals surface area contributed by atoms with Gasteiger partial charge in [-0.2, -0.15) is 0 Å². The number of nitrogens with two attached hydrogens (primary N) is 1. The van der Waals surface area contributed by atoms with E-state index in [4.69, 9.17) is 5.73 Å². The molecule has 148 valence electrons. The topological polar surface area (TPSA) is 111 Å². The predicted octanol–water partition coefficient (Wildman–Crippen LogP) is 3.44. The Hall–Kier alpha value is -4.27. The Morgan fingerprint density at radius 3 is 2.50 bits per heavy atom. The van der Waals surface area contributed by atoms with Gasteiger partial charge in [0.15, 0.2) is 17.2 Å². The third-order valence-corrected chi connectivity index (χ3v) is 4.93. The van der Waals surface area contributed by atoms with Crippen molar-refractivity contribution >= 4 is 23.1 Å². The van der Waals surface area contributed by atoms with Crippen LogP contribution in [0.3, 0.4) is 0 Å². The van der Waals surface area contributed by atoms with Crippen molar-refractivity contribution in [1.29, 1.82) is 0 Å². The molecule has 5 aromatic rings. The number of hydrogen-bond acceptors (Lipinski definition) is 5. The van der Waals surface area contributed by atoms with Gasteiger partial charge in [0.25, 0.3) is 0 Å². The SMILES string of the molecule is Cc1cnc2ccc(-c3c(-c4ccc(F)cc4)nc(N)c4nc(C(=O)O)cn34)cn12. The van der Waals surface area contributed by atoms with Crippen LogP contribution in [0.15, 0.2) is 55.0 Å². The number of rotatable bonds is 3. The lowest BCUT2D eigenvalue weighted by molar-refractivity contribution is 0.0691. The summed E-state index contributed by atoms with van der Waals surface area (Å²) in [4.78, 5) is 24.5. The first-order valence-electron chi connectivity index (χ1n) is 9.04. The average Bonchev–Trinajstić information content (AvgIpc) is 3.33. The molecule has 5 rings (SSSR count). The summed E-state index contributed by atoms with van der Waals surface area (Å²) in [5, 5.41) is 9.41. The molecule has 8 nitrogen and oxygen atoms in total. The molecular weight excluding hydrogens is 387 g/mol. The van der Waals surface area contributed by atoms with Gasteiger partial charge >= 0.3 is 5.97 Å². The van der Waals surface area contributed by atoms with Gasteiger partial charge in [-0.3, -0.25) is 4.40 Å². The molecular formula is C21H15FN6O2. The van der Waals surface area contributed by atoms with Crippen molar-refractivity contribution in [3.63, 3.8) is 0 Å². The normalized spacial score (nSPS) is 11.4. The van der Waals surface area contributed by atoms with Gasteiger partial charge in [0.1, 0.15) is 11.5 Å². The van der Waals surface area contributed by atoms with Crippen LogP contribution in [0.25, 0.3) is 33.8 Å². The number of pyridine rings is 1. The highest BCUT2D eigenvalue weighted by molar-refractivity contribution is 5.89. The van der Waals surface area contributed by atoms with Crippen LogP contribution in [-0.4, -0.2) is 34.8 Å². The maximum absolute atomic E-state index is 13.5. The summed E-state index contributed by atoms with van der Waals surface area (Å²) in [6, 6.07) is 9.59. The summed E-state index contributed by atoms with van der Waals surface area (Å²) in [7, 11) is 0. The lowest BCUT2D eigenvalue weighted by atomic mass is 10.0. The number of imidazole rings is 2. The van der Waals surface area contributed by atoms with Crippen LogP contribution in [-0.2, 0) is 0 Å².